The van der Waals surface area contributed by atoms with Crippen molar-refractivity contribution in [2.45, 2.75) is 6.18 Å². The van der Waals surface area contributed by atoms with Crippen molar-refractivity contribution in [1.29, 1.82) is 0 Å². The van der Waals surface area contributed by atoms with Gasteiger partial charge in [0.05, 0.1) is 28.9 Å². The van der Waals surface area contributed by atoms with Gasteiger partial charge in [-0.05, 0) is 35.9 Å². The summed E-state index contributed by atoms with van der Waals surface area (Å²) in [6.45, 7) is 0. The Kier molecular flexibility index (Phi) is 5.90. The molecule has 0 unspecified atom stereocenters. The third-order valence-corrected chi connectivity index (χ3v) is 6.18. The van der Waals surface area contributed by atoms with Crippen LogP contribution in [0.15, 0.2) is 58.6 Å². The summed E-state index contributed by atoms with van der Waals surface area (Å²) >= 11 is 1.31. The average Bonchev–Trinajstić information content (AvgIpc) is 2.67. The number of hydrogen-bond donors (Lipinski definition) is 1. The number of nitrogens with zero attached hydrogens (tertiary/aromatic N) is 3. The fourth-order valence-electron chi connectivity index (χ4n) is 2.45. The highest BCUT2D eigenvalue weighted by Gasteiger charge is 2.30. The van der Waals surface area contributed by atoms with Gasteiger partial charge in [-0.25, -0.2) is 13.4 Å². The van der Waals surface area contributed by atoms with Gasteiger partial charge in [0.15, 0.2) is 5.17 Å². The van der Waals surface area contributed by atoms with Crippen molar-refractivity contribution in [2.75, 3.05) is 23.4 Å². The summed E-state index contributed by atoms with van der Waals surface area (Å²) in [5.74, 6) is 0.464. The van der Waals surface area contributed by atoms with Gasteiger partial charge in [-0.2, -0.15) is 18.3 Å². The van der Waals surface area contributed by atoms with Crippen LogP contribution in [0, 0.1) is 0 Å². The van der Waals surface area contributed by atoms with Crippen LogP contribution >= 0.6 is 11.8 Å². The topological polar surface area (TPSA) is 74.1 Å². The fraction of sp³-hybridized carbons (Fsp3) is 0.222. The minimum absolute atomic E-state index is 0.182. The Morgan fingerprint density at radius 3 is 2.41 bits per heavy atom. The molecule has 0 amide bonds. The van der Waals surface area contributed by atoms with Crippen molar-refractivity contribution in [3.63, 3.8) is 0 Å². The molecule has 0 bridgehead atoms. The van der Waals surface area contributed by atoms with Gasteiger partial charge in [-0.3, -0.25) is 9.73 Å². The van der Waals surface area contributed by atoms with Gasteiger partial charge in [0.25, 0.3) is 0 Å². The summed E-state index contributed by atoms with van der Waals surface area (Å²) in [4.78, 5) is 4.17. The van der Waals surface area contributed by atoms with Crippen molar-refractivity contribution < 1.29 is 21.6 Å². The monoisotopic (exact) mass is 442 g/mol. The molecule has 2 aromatic rings. The molecule has 0 saturated heterocycles. The van der Waals surface area contributed by atoms with E-state index < -0.39 is 21.8 Å². The molecule has 3 rings (SSSR count). The molecule has 0 radical (unpaired) electrons. The normalized spacial score (nSPS) is 16.3. The van der Waals surface area contributed by atoms with Gasteiger partial charge >= 0.3 is 6.18 Å². The molecule has 29 heavy (non-hydrogen) atoms. The molecule has 0 saturated carbocycles. The first-order chi connectivity index (χ1) is 13.5. The Hall–Kier alpha value is -2.53. The first kappa shape index (κ1) is 21.2. The molecule has 2 aromatic carbocycles. The maximum Gasteiger partial charge on any atom is 0.416 e. The minimum Gasteiger partial charge on any atom is -0.274 e. The maximum absolute atomic E-state index is 12.8. The lowest BCUT2D eigenvalue weighted by molar-refractivity contribution is -0.137. The van der Waals surface area contributed by atoms with Crippen LogP contribution in [-0.2, 0) is 16.2 Å². The maximum atomic E-state index is 12.8. The zero-order valence-corrected chi connectivity index (χ0v) is 17.1. The summed E-state index contributed by atoms with van der Waals surface area (Å²) in [6.07, 6.45) is -3.30. The van der Waals surface area contributed by atoms with Crippen LogP contribution in [0.3, 0.4) is 0 Å². The van der Waals surface area contributed by atoms with Crippen molar-refractivity contribution in [3.8, 4) is 0 Å². The molecule has 0 fully saturated rings. The first-order valence-corrected chi connectivity index (χ1v) is 11.1. The van der Waals surface area contributed by atoms with Gasteiger partial charge in [0.2, 0.25) is 10.0 Å². The predicted octanol–water partition coefficient (Wildman–Crippen LogP) is 3.83. The van der Waals surface area contributed by atoms with Crippen LogP contribution in [0.1, 0.15) is 11.1 Å². The Morgan fingerprint density at radius 2 is 1.86 bits per heavy atom. The zero-order chi connectivity index (χ0) is 21.2. The van der Waals surface area contributed by atoms with Gasteiger partial charge < -0.3 is 0 Å². The highest BCUT2D eigenvalue weighted by Crippen LogP contribution is 2.31. The number of hydrogen-bond acceptors (Lipinski definition) is 5. The number of thioether (sulfide) groups is 1. The van der Waals surface area contributed by atoms with E-state index in [2.05, 4.69) is 15.5 Å². The lowest BCUT2D eigenvalue weighted by Crippen LogP contribution is -2.26. The molecule has 1 aliphatic heterocycles. The third kappa shape index (κ3) is 5.30. The predicted molar refractivity (Wildman–Crippen MR) is 110 cm³/mol. The number of alkyl halides is 3. The van der Waals surface area contributed by atoms with E-state index in [1.807, 2.05) is 0 Å². The lowest BCUT2D eigenvalue weighted by Gasteiger charge is -2.18. The van der Waals surface area contributed by atoms with E-state index in [-0.39, 0.29) is 5.69 Å². The standard InChI is InChI=1S/C18H17F3N4O2S2/c1-25(29(2,26)27)15-8-6-12(7-9-15)16-11-28-17(24-23-16)22-14-5-3-4-13(10-14)18(19,20)21/h3-10H,11H2,1-2H3,(H,22,24). The average molecular weight is 442 g/mol. The molecule has 1 aliphatic rings. The highest BCUT2D eigenvalue weighted by molar-refractivity contribution is 8.14. The van der Waals surface area contributed by atoms with E-state index in [1.165, 1.54) is 35.2 Å². The Balaban J connectivity index is 1.73. The number of hydrazone groups is 1. The fourth-order valence-corrected chi connectivity index (χ4v) is 3.74. The van der Waals surface area contributed by atoms with Crippen molar-refractivity contribution >= 4 is 44.0 Å². The summed E-state index contributed by atoms with van der Waals surface area (Å²) in [6, 6.07) is 11.6. The van der Waals surface area contributed by atoms with Crippen molar-refractivity contribution in [2.24, 2.45) is 10.1 Å². The van der Waals surface area contributed by atoms with Gasteiger partial charge in [0.1, 0.15) is 0 Å². The summed E-state index contributed by atoms with van der Waals surface area (Å²) in [7, 11) is -1.87. The Morgan fingerprint density at radius 1 is 1.17 bits per heavy atom. The lowest BCUT2D eigenvalue weighted by atomic mass is 10.1. The van der Waals surface area contributed by atoms with Crippen LogP contribution in [0.25, 0.3) is 0 Å². The van der Waals surface area contributed by atoms with Crippen molar-refractivity contribution in [3.05, 3.63) is 59.7 Å². The number of anilines is 1. The number of rotatable bonds is 4. The first-order valence-electron chi connectivity index (χ1n) is 8.30. The zero-order valence-electron chi connectivity index (χ0n) is 15.4. The van der Waals surface area contributed by atoms with E-state index in [4.69, 9.17) is 0 Å². The van der Waals surface area contributed by atoms with Crippen LogP contribution in [0.5, 0.6) is 0 Å². The van der Waals surface area contributed by atoms with E-state index in [0.717, 1.165) is 24.0 Å². The number of aliphatic imine (C=N–C) groups is 1. The van der Waals surface area contributed by atoms with E-state index >= 15 is 0 Å². The molecule has 0 aromatic heterocycles. The minimum atomic E-state index is -4.42. The van der Waals surface area contributed by atoms with Crippen LogP contribution < -0.4 is 9.73 Å². The van der Waals surface area contributed by atoms with Gasteiger partial charge in [-0.1, -0.05) is 30.0 Å². The van der Waals surface area contributed by atoms with E-state index in [9.17, 15) is 21.6 Å². The molecule has 1 N–H and O–H groups in total. The molecular weight excluding hydrogens is 425 g/mol. The van der Waals surface area contributed by atoms with E-state index in [0.29, 0.717) is 22.3 Å². The number of sulfonamides is 1. The van der Waals surface area contributed by atoms with Crippen LogP contribution in [0.2, 0.25) is 0 Å². The van der Waals surface area contributed by atoms with Crippen LogP contribution in [0.4, 0.5) is 24.5 Å². The number of amidine groups is 1. The summed E-state index contributed by atoms with van der Waals surface area (Å²) < 4.78 is 62.8. The van der Waals surface area contributed by atoms with E-state index in [1.54, 1.807) is 24.3 Å². The summed E-state index contributed by atoms with van der Waals surface area (Å²) in [5.41, 5.74) is 4.21. The molecule has 11 heteroatoms. The van der Waals surface area contributed by atoms with Gasteiger partial charge in [-0.15, -0.1) is 0 Å². The molecule has 6 nitrogen and oxygen atoms in total. The Bertz CT molecular complexity index is 1070. The van der Waals surface area contributed by atoms with Crippen molar-refractivity contribution in [1.82, 2.24) is 5.43 Å². The molecule has 154 valence electrons. The third-order valence-electron chi connectivity index (χ3n) is 4.10. The summed E-state index contributed by atoms with van der Waals surface area (Å²) in [5, 5.41) is 4.62. The molecule has 1 heterocycles. The second-order valence-electron chi connectivity index (χ2n) is 6.20. The second-order valence-corrected chi connectivity index (χ2v) is 9.18. The quantitative estimate of drug-likeness (QED) is 0.781. The second kappa shape index (κ2) is 8.07. The highest BCUT2D eigenvalue weighted by atomic mass is 32.2. The number of nitrogens with one attached hydrogen (secondary N) is 1. The van der Waals surface area contributed by atoms with Gasteiger partial charge in [0, 0.05) is 12.8 Å². The Labute approximate surface area is 170 Å². The van der Waals surface area contributed by atoms with Crippen LogP contribution in [-0.4, -0.2) is 38.4 Å². The molecule has 0 atom stereocenters. The molecular formula is C18H17F3N4O2S2. The largest absolute Gasteiger partial charge is 0.416 e. The number of halogens is 3. The molecule has 0 spiro atoms. The molecule has 0 aliphatic carbocycles. The smallest absolute Gasteiger partial charge is 0.274 e. The SMILES string of the molecule is CN(c1ccc(C2=NNC(=Nc3cccc(C(F)(F)F)c3)SC2)cc1)S(C)(=O)=O. The number of benzene rings is 2.